The number of carbonyl (C=O) groups is 2. The topological polar surface area (TPSA) is 75.4 Å². The number of benzene rings is 1. The van der Waals surface area contributed by atoms with Gasteiger partial charge in [0.05, 0.1) is 7.06 Å². The lowest BCUT2D eigenvalue weighted by atomic mass is 10.0. The van der Waals surface area contributed by atoms with Crippen molar-refractivity contribution in [3.63, 3.8) is 0 Å². The highest BCUT2D eigenvalue weighted by atomic mass is 16.2. The number of carbonyl (C=O) groups excluding carboxylic acids is 2. The Morgan fingerprint density at radius 3 is 2.94 bits per heavy atom. The zero-order valence-electron chi connectivity index (χ0n) is 17.6. The molecule has 18 heavy (non-hydrogen) atoms. The summed E-state index contributed by atoms with van der Waals surface area (Å²) in [4.78, 5) is 25.6. The van der Waals surface area contributed by atoms with Crippen molar-refractivity contribution in [2.75, 3.05) is 10.6 Å². The van der Waals surface area contributed by atoms with Crippen LogP contribution in [0.5, 0.6) is 0 Å². The van der Waals surface area contributed by atoms with Gasteiger partial charge in [-0.25, -0.2) is 9.69 Å². The third-order valence-electron chi connectivity index (χ3n) is 2.69. The molecule has 3 amide bonds. The molecule has 0 saturated carbocycles. The Hall–Kier alpha value is -2.04. The van der Waals surface area contributed by atoms with E-state index >= 15 is 0 Å². The van der Waals surface area contributed by atoms with E-state index in [0.717, 1.165) is 0 Å². The lowest BCUT2D eigenvalue weighted by Crippen LogP contribution is -2.34. The standard InChI is InChI=1S/C13H17N3O2/c1-7(2)11-12(17)16(13(18)15-11)10-6-4-5-9(14)8(10)3/h4-7,11H,14H2,1-3H3,(H,15,18)/i1D3,2D3,7D,11D. The van der Waals surface area contributed by atoms with Crippen LogP contribution in [-0.2, 0) is 4.79 Å². The molecule has 1 saturated heterocycles. The highest BCUT2D eigenvalue weighted by Gasteiger charge is 2.41. The van der Waals surface area contributed by atoms with Crippen molar-refractivity contribution in [3.8, 4) is 0 Å². The van der Waals surface area contributed by atoms with E-state index in [2.05, 4.69) is 0 Å². The number of hydrogen-bond acceptors (Lipinski definition) is 3. The van der Waals surface area contributed by atoms with Crippen LogP contribution in [0.15, 0.2) is 18.2 Å². The molecule has 96 valence electrons. The van der Waals surface area contributed by atoms with Gasteiger partial charge in [0.1, 0.15) is 6.02 Å². The predicted octanol–water partition coefficient (Wildman–Crippen LogP) is 1.66. The maximum Gasteiger partial charge on any atom is 0.329 e. The summed E-state index contributed by atoms with van der Waals surface area (Å²) in [5.41, 5.74) is 6.24. The summed E-state index contributed by atoms with van der Waals surface area (Å²) in [6.45, 7) is -5.63. The number of urea groups is 1. The molecular weight excluding hydrogens is 230 g/mol. The van der Waals surface area contributed by atoms with Gasteiger partial charge in [-0.1, -0.05) is 19.8 Å². The molecule has 0 aliphatic carbocycles. The third-order valence-corrected chi connectivity index (χ3v) is 2.69. The summed E-state index contributed by atoms with van der Waals surface area (Å²) in [5.74, 6) is -5.07. The number of rotatable bonds is 2. The molecule has 1 aromatic carbocycles. The minimum absolute atomic E-state index is 0.0277. The molecule has 0 spiro atoms. The van der Waals surface area contributed by atoms with Crippen LogP contribution in [0.3, 0.4) is 0 Å². The molecule has 5 heteroatoms. The Kier molecular flexibility index (Phi) is 1.38. The van der Waals surface area contributed by atoms with Gasteiger partial charge in [0, 0.05) is 15.3 Å². The van der Waals surface area contributed by atoms with Crippen LogP contribution in [0.4, 0.5) is 16.2 Å². The molecule has 1 aliphatic rings. The van der Waals surface area contributed by atoms with E-state index in [1.807, 2.05) is 0 Å². The van der Waals surface area contributed by atoms with Gasteiger partial charge in [-0.05, 0) is 30.5 Å². The first-order chi connectivity index (χ1) is 11.6. The SMILES string of the molecule is [2H]C([2H])([2H])C([2H])(C([2H])([2H])[2H])C1([2H])NC(=O)N(c2cccc(N)c2C)C1=O. The Morgan fingerprint density at radius 1 is 1.56 bits per heavy atom. The fraction of sp³-hybridized carbons (Fsp3) is 0.385. The van der Waals surface area contributed by atoms with Crippen molar-refractivity contribution in [2.45, 2.75) is 26.6 Å². The molecule has 3 N–H and O–H groups in total. The fourth-order valence-corrected chi connectivity index (χ4v) is 1.69. The van der Waals surface area contributed by atoms with Crippen LogP contribution in [-0.4, -0.2) is 18.0 Å². The van der Waals surface area contributed by atoms with E-state index in [1.54, 1.807) is 5.32 Å². The van der Waals surface area contributed by atoms with Crippen molar-refractivity contribution in [3.05, 3.63) is 23.8 Å². The molecule has 1 atom stereocenters. The van der Waals surface area contributed by atoms with Crippen molar-refractivity contribution in [2.24, 2.45) is 5.89 Å². The van der Waals surface area contributed by atoms with Crippen LogP contribution in [0, 0.1) is 12.8 Å². The first-order valence-corrected chi connectivity index (χ1v) is 5.11. The van der Waals surface area contributed by atoms with Gasteiger partial charge in [-0.3, -0.25) is 4.79 Å². The highest BCUT2D eigenvalue weighted by molar-refractivity contribution is 6.22. The average Bonchev–Trinajstić information content (AvgIpc) is 2.70. The van der Waals surface area contributed by atoms with Crippen molar-refractivity contribution < 1.29 is 20.6 Å². The molecule has 5 nitrogen and oxygen atoms in total. The molecule has 1 aliphatic heterocycles. The largest absolute Gasteiger partial charge is 0.398 e. The van der Waals surface area contributed by atoms with Gasteiger partial charge in [-0.2, -0.15) is 0 Å². The number of amides is 3. The lowest BCUT2D eigenvalue weighted by Gasteiger charge is -2.17. The number of nitrogen functional groups attached to an aromatic ring is 1. The summed E-state index contributed by atoms with van der Waals surface area (Å²) in [5, 5.41) is 1.78. The molecule has 1 heterocycles. The minimum atomic E-state index is -3.59. The molecule has 1 fully saturated rings. The molecule has 1 unspecified atom stereocenters. The average molecular weight is 255 g/mol. The number of nitrogens with one attached hydrogen (secondary N) is 1. The molecule has 0 aromatic heterocycles. The molecular formula is C13H17N3O2. The number of hydrogen-bond donors (Lipinski definition) is 2. The second-order valence-corrected chi connectivity index (χ2v) is 3.81. The van der Waals surface area contributed by atoms with E-state index in [1.165, 1.54) is 25.1 Å². The number of anilines is 2. The quantitative estimate of drug-likeness (QED) is 0.623. The van der Waals surface area contributed by atoms with Gasteiger partial charge in [-0.15, -0.1) is 0 Å². The van der Waals surface area contributed by atoms with Crippen LogP contribution in [0.2, 0.25) is 0 Å². The third kappa shape index (κ3) is 1.81. The monoisotopic (exact) mass is 255 g/mol. The summed E-state index contributed by atoms with van der Waals surface area (Å²) < 4.78 is 61.1. The van der Waals surface area contributed by atoms with E-state index < -0.39 is 37.6 Å². The zero-order valence-corrected chi connectivity index (χ0v) is 9.57. The summed E-state index contributed by atoms with van der Waals surface area (Å²) in [6, 6.07) is -0.180. The summed E-state index contributed by atoms with van der Waals surface area (Å²) in [6.07, 6.45) is 0. The molecule has 0 bridgehead atoms. The lowest BCUT2D eigenvalue weighted by molar-refractivity contribution is -0.119. The van der Waals surface area contributed by atoms with Gasteiger partial charge in [0.2, 0.25) is 0 Å². The van der Waals surface area contributed by atoms with E-state index in [4.69, 9.17) is 16.7 Å². The fourth-order valence-electron chi connectivity index (χ4n) is 1.69. The maximum absolute atomic E-state index is 12.8. The van der Waals surface area contributed by atoms with Crippen molar-refractivity contribution in [1.29, 1.82) is 0 Å². The van der Waals surface area contributed by atoms with Gasteiger partial charge >= 0.3 is 6.03 Å². The first-order valence-electron chi connectivity index (χ1n) is 9.11. The van der Waals surface area contributed by atoms with Gasteiger partial charge < -0.3 is 11.1 Å². The highest BCUT2D eigenvalue weighted by Crippen LogP contribution is 2.28. The summed E-state index contributed by atoms with van der Waals surface area (Å²) in [7, 11) is 0. The number of nitrogens with two attached hydrogens (primary N) is 1. The molecule has 2 rings (SSSR count). The second kappa shape index (κ2) is 4.33. The van der Waals surface area contributed by atoms with Crippen LogP contribution in [0.25, 0.3) is 0 Å². The van der Waals surface area contributed by atoms with Crippen LogP contribution >= 0.6 is 0 Å². The van der Waals surface area contributed by atoms with Crippen molar-refractivity contribution >= 4 is 23.3 Å². The number of imide groups is 1. The Bertz CT molecular complexity index is 762. The van der Waals surface area contributed by atoms with E-state index in [0.29, 0.717) is 10.5 Å². The smallest absolute Gasteiger partial charge is 0.329 e. The molecule has 0 radical (unpaired) electrons. The first kappa shape index (κ1) is 5.73. The summed E-state index contributed by atoms with van der Waals surface area (Å²) >= 11 is 0. The van der Waals surface area contributed by atoms with E-state index in [-0.39, 0.29) is 11.4 Å². The Balaban J connectivity index is 2.68. The van der Waals surface area contributed by atoms with Gasteiger partial charge in [0.15, 0.2) is 0 Å². The minimum Gasteiger partial charge on any atom is -0.398 e. The molecule has 1 aromatic rings. The predicted molar refractivity (Wildman–Crippen MR) is 70.2 cm³/mol. The zero-order chi connectivity index (χ0) is 20.3. The van der Waals surface area contributed by atoms with Crippen LogP contribution < -0.4 is 16.0 Å². The van der Waals surface area contributed by atoms with Gasteiger partial charge in [0.25, 0.3) is 5.91 Å². The van der Waals surface area contributed by atoms with Crippen LogP contribution in [0.1, 0.15) is 30.2 Å². The Morgan fingerprint density at radius 2 is 2.28 bits per heavy atom. The second-order valence-electron chi connectivity index (χ2n) is 3.81. The normalized spacial score (nSPS) is 32.2. The van der Waals surface area contributed by atoms with Crippen molar-refractivity contribution in [1.82, 2.24) is 5.32 Å². The van der Waals surface area contributed by atoms with E-state index in [9.17, 15) is 9.59 Å². The Labute approximate surface area is 117 Å². The number of nitrogens with zero attached hydrogens (tertiary/aromatic N) is 1. The maximum atomic E-state index is 12.8.